The van der Waals surface area contributed by atoms with Gasteiger partial charge in [0.05, 0.1) is 23.5 Å². The Labute approximate surface area is 164 Å². The van der Waals surface area contributed by atoms with Crippen molar-refractivity contribution in [1.82, 2.24) is 14.4 Å². The second kappa shape index (κ2) is 7.03. The van der Waals surface area contributed by atoms with Crippen molar-refractivity contribution in [3.8, 4) is 17.1 Å². The van der Waals surface area contributed by atoms with E-state index in [-0.39, 0.29) is 5.92 Å². The number of hydrogen-bond acceptors (Lipinski definition) is 6. The van der Waals surface area contributed by atoms with Gasteiger partial charge in [-0.25, -0.2) is 8.42 Å². The van der Waals surface area contributed by atoms with E-state index in [2.05, 4.69) is 10.1 Å². The molecule has 28 heavy (non-hydrogen) atoms. The molecule has 0 saturated carbocycles. The van der Waals surface area contributed by atoms with Crippen molar-refractivity contribution in [2.45, 2.75) is 24.7 Å². The van der Waals surface area contributed by atoms with E-state index in [1.807, 2.05) is 50.2 Å². The summed E-state index contributed by atoms with van der Waals surface area (Å²) in [6.07, 6.45) is 0. The molecular weight excluding hydrogens is 378 g/mol. The third-order valence-electron chi connectivity index (χ3n) is 4.94. The van der Waals surface area contributed by atoms with E-state index in [4.69, 9.17) is 9.26 Å². The van der Waals surface area contributed by atoms with Crippen LogP contribution in [0.1, 0.15) is 22.9 Å². The molecule has 0 spiro atoms. The van der Waals surface area contributed by atoms with Gasteiger partial charge in [-0.15, -0.1) is 0 Å². The van der Waals surface area contributed by atoms with Gasteiger partial charge in [0, 0.05) is 13.1 Å². The van der Waals surface area contributed by atoms with E-state index in [9.17, 15) is 8.42 Å². The van der Waals surface area contributed by atoms with Crippen molar-refractivity contribution in [3.63, 3.8) is 0 Å². The zero-order chi connectivity index (χ0) is 19.9. The van der Waals surface area contributed by atoms with Crippen molar-refractivity contribution >= 4 is 10.0 Å². The zero-order valence-corrected chi connectivity index (χ0v) is 16.7. The SMILES string of the molecule is COc1ccccc1-c1noc(C2CN(S(=O)(=O)c3ccc(C)cc3C)C2)n1. The number of nitrogens with zero attached hydrogens (tertiary/aromatic N) is 3. The maximum Gasteiger partial charge on any atom is 0.243 e. The number of para-hydroxylation sites is 1. The highest BCUT2D eigenvalue weighted by atomic mass is 32.2. The van der Waals surface area contributed by atoms with Gasteiger partial charge in [0.2, 0.25) is 21.7 Å². The third kappa shape index (κ3) is 3.18. The minimum absolute atomic E-state index is 0.114. The Hall–Kier alpha value is -2.71. The summed E-state index contributed by atoms with van der Waals surface area (Å²) in [6, 6.07) is 12.8. The maximum absolute atomic E-state index is 12.9. The summed E-state index contributed by atoms with van der Waals surface area (Å²) in [5.41, 5.74) is 2.52. The summed E-state index contributed by atoms with van der Waals surface area (Å²) in [5, 5.41) is 4.03. The average Bonchev–Trinajstić information content (AvgIpc) is 3.09. The molecule has 7 nitrogen and oxygen atoms in total. The molecule has 4 rings (SSSR count). The van der Waals surface area contributed by atoms with E-state index in [1.54, 1.807) is 13.2 Å². The van der Waals surface area contributed by atoms with Gasteiger partial charge in [0.1, 0.15) is 5.75 Å². The molecule has 0 bridgehead atoms. The number of aryl methyl sites for hydroxylation is 2. The second-order valence-corrected chi connectivity index (χ2v) is 8.85. The minimum atomic E-state index is -3.52. The lowest BCUT2D eigenvalue weighted by Crippen LogP contribution is -2.48. The van der Waals surface area contributed by atoms with Gasteiger partial charge in [-0.2, -0.15) is 9.29 Å². The fourth-order valence-corrected chi connectivity index (χ4v) is 5.09. The predicted molar refractivity (Wildman–Crippen MR) is 104 cm³/mol. The first-order valence-electron chi connectivity index (χ1n) is 8.94. The summed E-state index contributed by atoms with van der Waals surface area (Å²) in [5.74, 6) is 1.41. The van der Waals surface area contributed by atoms with Crippen LogP contribution in [0.15, 0.2) is 51.9 Å². The standard InChI is InChI=1S/C20H21N3O4S/c1-13-8-9-18(14(2)10-13)28(24,25)23-11-15(12-23)20-21-19(22-27-20)16-6-4-5-7-17(16)26-3/h4-10,15H,11-12H2,1-3H3. The summed E-state index contributed by atoms with van der Waals surface area (Å²) < 4.78 is 37.9. The lowest BCUT2D eigenvalue weighted by atomic mass is 10.0. The third-order valence-corrected chi connectivity index (χ3v) is 6.93. The molecule has 1 saturated heterocycles. The van der Waals surface area contributed by atoms with Crippen molar-refractivity contribution in [2.24, 2.45) is 0 Å². The monoisotopic (exact) mass is 399 g/mol. The van der Waals surface area contributed by atoms with Crippen LogP contribution in [-0.2, 0) is 10.0 Å². The van der Waals surface area contributed by atoms with Gasteiger partial charge < -0.3 is 9.26 Å². The Morgan fingerprint density at radius 3 is 2.61 bits per heavy atom. The van der Waals surface area contributed by atoms with Gasteiger partial charge in [-0.05, 0) is 37.6 Å². The van der Waals surface area contributed by atoms with Crippen molar-refractivity contribution < 1.29 is 17.7 Å². The quantitative estimate of drug-likeness (QED) is 0.655. The number of rotatable bonds is 5. The van der Waals surface area contributed by atoms with Crippen LogP contribution in [-0.4, -0.2) is 43.1 Å². The molecule has 1 fully saturated rings. The largest absolute Gasteiger partial charge is 0.496 e. The number of sulfonamides is 1. The van der Waals surface area contributed by atoms with E-state index < -0.39 is 10.0 Å². The topological polar surface area (TPSA) is 85.5 Å². The predicted octanol–water partition coefficient (Wildman–Crippen LogP) is 3.15. The molecule has 1 aliphatic heterocycles. The lowest BCUT2D eigenvalue weighted by Gasteiger charge is -2.36. The van der Waals surface area contributed by atoms with Crippen LogP contribution >= 0.6 is 0 Å². The highest BCUT2D eigenvalue weighted by Crippen LogP contribution is 2.34. The Bertz CT molecular complexity index is 1120. The first-order valence-corrected chi connectivity index (χ1v) is 10.4. The van der Waals surface area contributed by atoms with Crippen LogP contribution < -0.4 is 4.74 Å². The fraction of sp³-hybridized carbons (Fsp3) is 0.300. The molecule has 0 aliphatic carbocycles. The van der Waals surface area contributed by atoms with Crippen molar-refractivity contribution in [3.05, 3.63) is 59.5 Å². The molecule has 146 valence electrons. The van der Waals surface area contributed by atoms with E-state index in [0.29, 0.717) is 35.4 Å². The van der Waals surface area contributed by atoms with Crippen molar-refractivity contribution in [2.75, 3.05) is 20.2 Å². The van der Waals surface area contributed by atoms with Gasteiger partial charge >= 0.3 is 0 Å². The van der Waals surface area contributed by atoms with Gasteiger partial charge in [0.25, 0.3) is 0 Å². The summed E-state index contributed by atoms with van der Waals surface area (Å²) in [4.78, 5) is 4.79. The van der Waals surface area contributed by atoms with Gasteiger partial charge in [-0.1, -0.05) is 35.0 Å². The van der Waals surface area contributed by atoms with E-state index in [1.165, 1.54) is 4.31 Å². The molecule has 1 aromatic heterocycles. The Morgan fingerprint density at radius 2 is 1.89 bits per heavy atom. The van der Waals surface area contributed by atoms with Gasteiger partial charge in [-0.3, -0.25) is 0 Å². The van der Waals surface area contributed by atoms with Crippen LogP contribution in [0.5, 0.6) is 5.75 Å². The van der Waals surface area contributed by atoms with E-state index in [0.717, 1.165) is 16.7 Å². The van der Waals surface area contributed by atoms with Gasteiger partial charge in [0.15, 0.2) is 0 Å². The molecule has 0 amide bonds. The molecule has 3 aromatic rings. The molecular formula is C20H21N3O4S. The molecule has 0 unspecified atom stereocenters. The Kier molecular flexibility index (Phi) is 4.68. The summed E-state index contributed by atoms with van der Waals surface area (Å²) in [7, 11) is -1.94. The molecule has 0 atom stereocenters. The molecule has 0 radical (unpaired) electrons. The lowest BCUT2D eigenvalue weighted by molar-refractivity contribution is 0.216. The van der Waals surface area contributed by atoms with Crippen LogP contribution in [0.2, 0.25) is 0 Å². The second-order valence-electron chi connectivity index (χ2n) is 6.94. The van der Waals surface area contributed by atoms with E-state index >= 15 is 0 Å². The molecule has 1 aliphatic rings. The number of hydrogen-bond donors (Lipinski definition) is 0. The number of aromatic nitrogens is 2. The Balaban J connectivity index is 1.51. The first-order chi connectivity index (χ1) is 13.4. The highest BCUT2D eigenvalue weighted by Gasteiger charge is 2.41. The maximum atomic E-state index is 12.9. The first kappa shape index (κ1) is 18.6. The normalized spacial score (nSPS) is 15.4. The molecule has 2 aromatic carbocycles. The number of ether oxygens (including phenoxy) is 1. The van der Waals surface area contributed by atoms with Crippen LogP contribution in [0.4, 0.5) is 0 Å². The average molecular weight is 399 g/mol. The summed E-state index contributed by atoms with van der Waals surface area (Å²) in [6.45, 7) is 4.40. The molecule has 0 N–H and O–H groups in total. The summed E-state index contributed by atoms with van der Waals surface area (Å²) >= 11 is 0. The molecule has 2 heterocycles. The fourth-order valence-electron chi connectivity index (χ4n) is 3.36. The number of benzene rings is 2. The Morgan fingerprint density at radius 1 is 1.14 bits per heavy atom. The van der Waals surface area contributed by atoms with Crippen LogP contribution in [0.3, 0.4) is 0 Å². The zero-order valence-electron chi connectivity index (χ0n) is 15.9. The van der Waals surface area contributed by atoms with Crippen LogP contribution in [0.25, 0.3) is 11.4 Å². The van der Waals surface area contributed by atoms with Crippen LogP contribution in [0, 0.1) is 13.8 Å². The smallest absolute Gasteiger partial charge is 0.243 e. The number of methoxy groups -OCH3 is 1. The minimum Gasteiger partial charge on any atom is -0.496 e. The molecule has 8 heteroatoms. The van der Waals surface area contributed by atoms with Crippen molar-refractivity contribution in [1.29, 1.82) is 0 Å². The highest BCUT2D eigenvalue weighted by molar-refractivity contribution is 7.89.